The lowest BCUT2D eigenvalue weighted by atomic mass is 10.0. The topological polar surface area (TPSA) is 46.0 Å². The molecule has 7 aromatic rings. The SMILES string of the molecule is Cc1ccc(-c2c3nc(c(-c4ccc(C)cc4)c4ccc(s4)c(-c4ccc(O)cc4)c4nc(c(-c5ccc(C)cc5)c5ccc2s5)C=C4)C=C3)cc1. The molecule has 250 valence electrons. The number of phenols is 1. The Morgan fingerprint density at radius 1 is 0.346 bits per heavy atom. The van der Waals surface area contributed by atoms with Crippen molar-refractivity contribution in [1.29, 1.82) is 0 Å². The third kappa shape index (κ3) is 5.88. The molecule has 9 rings (SSSR count). The summed E-state index contributed by atoms with van der Waals surface area (Å²) < 4.78 is 4.51. The Hall–Kier alpha value is -5.88. The summed E-state index contributed by atoms with van der Waals surface area (Å²) in [5.74, 6) is 0.235. The molecule has 2 aliphatic rings. The third-order valence-electron chi connectivity index (χ3n) is 9.68. The van der Waals surface area contributed by atoms with E-state index in [0.29, 0.717) is 0 Å². The van der Waals surface area contributed by atoms with Gasteiger partial charge in [-0.1, -0.05) is 102 Å². The van der Waals surface area contributed by atoms with Gasteiger partial charge >= 0.3 is 0 Å². The molecule has 52 heavy (non-hydrogen) atoms. The van der Waals surface area contributed by atoms with Crippen molar-refractivity contribution >= 4 is 65.8 Å². The van der Waals surface area contributed by atoms with E-state index in [0.717, 1.165) is 86.1 Å². The van der Waals surface area contributed by atoms with Crippen LogP contribution in [0.2, 0.25) is 0 Å². The minimum absolute atomic E-state index is 0.235. The van der Waals surface area contributed by atoms with Crippen LogP contribution < -0.4 is 0 Å². The number of thiophene rings is 2. The molecule has 5 heterocycles. The van der Waals surface area contributed by atoms with Gasteiger partial charge in [0.2, 0.25) is 0 Å². The van der Waals surface area contributed by atoms with Crippen molar-refractivity contribution < 1.29 is 5.11 Å². The van der Waals surface area contributed by atoms with Gasteiger partial charge in [0.05, 0.1) is 22.8 Å². The number of fused-ring (bicyclic) bond motifs is 8. The van der Waals surface area contributed by atoms with Crippen LogP contribution in [0.4, 0.5) is 0 Å². The second-order valence-electron chi connectivity index (χ2n) is 13.4. The molecule has 2 aliphatic heterocycles. The summed E-state index contributed by atoms with van der Waals surface area (Å²) in [5.41, 5.74) is 16.1. The van der Waals surface area contributed by atoms with Crippen LogP contribution in [0.5, 0.6) is 5.75 Å². The van der Waals surface area contributed by atoms with Crippen molar-refractivity contribution in [2.45, 2.75) is 20.8 Å². The number of hydrogen-bond donors (Lipinski definition) is 1. The summed E-state index contributed by atoms with van der Waals surface area (Å²) in [6, 6.07) is 42.6. The lowest BCUT2D eigenvalue weighted by molar-refractivity contribution is 0.475. The Kier molecular flexibility index (Phi) is 8.03. The fourth-order valence-electron chi connectivity index (χ4n) is 6.95. The molecule has 0 radical (unpaired) electrons. The van der Waals surface area contributed by atoms with Crippen LogP contribution in [0.3, 0.4) is 0 Å². The molecule has 0 unspecified atom stereocenters. The molecule has 0 amide bonds. The molecule has 8 bridgehead atoms. The number of aromatic hydroxyl groups is 1. The van der Waals surface area contributed by atoms with Crippen LogP contribution in [0.1, 0.15) is 39.5 Å². The van der Waals surface area contributed by atoms with Gasteiger partial charge in [-0.15, -0.1) is 22.7 Å². The highest BCUT2D eigenvalue weighted by molar-refractivity contribution is 7.24. The van der Waals surface area contributed by atoms with Crippen LogP contribution in [0.25, 0.3) is 87.6 Å². The van der Waals surface area contributed by atoms with Gasteiger partial charge in [0.15, 0.2) is 0 Å². The van der Waals surface area contributed by atoms with Gasteiger partial charge in [-0.3, -0.25) is 0 Å². The number of aryl methyl sites for hydroxylation is 3. The molecule has 3 nitrogen and oxygen atoms in total. The number of rotatable bonds is 4. The Labute approximate surface area is 311 Å². The summed E-state index contributed by atoms with van der Waals surface area (Å²) in [4.78, 5) is 10.8. The molecule has 4 aromatic carbocycles. The minimum Gasteiger partial charge on any atom is -0.508 e. The molecule has 0 saturated heterocycles. The monoisotopic (exact) mass is 706 g/mol. The minimum atomic E-state index is 0.235. The van der Waals surface area contributed by atoms with Crippen LogP contribution in [0, 0.1) is 20.8 Å². The van der Waals surface area contributed by atoms with Crippen molar-refractivity contribution in [3.05, 3.63) is 161 Å². The van der Waals surface area contributed by atoms with Gasteiger partial charge in [0, 0.05) is 41.1 Å². The zero-order valence-electron chi connectivity index (χ0n) is 29.0. The lowest BCUT2D eigenvalue weighted by Crippen LogP contribution is -1.87. The van der Waals surface area contributed by atoms with Gasteiger partial charge in [0.1, 0.15) is 5.75 Å². The fraction of sp³-hybridized carbons (Fsp3) is 0.0638. The quantitative estimate of drug-likeness (QED) is 0.198. The van der Waals surface area contributed by atoms with E-state index >= 15 is 0 Å². The largest absolute Gasteiger partial charge is 0.508 e. The van der Waals surface area contributed by atoms with Crippen molar-refractivity contribution in [1.82, 2.24) is 9.97 Å². The molecule has 0 spiro atoms. The van der Waals surface area contributed by atoms with E-state index in [4.69, 9.17) is 9.97 Å². The van der Waals surface area contributed by atoms with Gasteiger partial charge in [0.25, 0.3) is 0 Å². The van der Waals surface area contributed by atoms with Crippen LogP contribution in [0.15, 0.2) is 121 Å². The van der Waals surface area contributed by atoms with Gasteiger partial charge < -0.3 is 5.11 Å². The van der Waals surface area contributed by atoms with Crippen LogP contribution in [-0.2, 0) is 0 Å². The van der Waals surface area contributed by atoms with E-state index in [9.17, 15) is 5.11 Å². The van der Waals surface area contributed by atoms with Gasteiger partial charge in [-0.05, 0) is 104 Å². The molecule has 0 atom stereocenters. The smallest absolute Gasteiger partial charge is 0.115 e. The maximum atomic E-state index is 10.2. The molecule has 3 aromatic heterocycles. The standard InChI is InChI=1S/C47H34N2OS2/c1-28-4-10-31(11-5-28)44-36-20-21-37(48-36)45(32-12-6-29(2)7-13-32)42-26-27-43(52-42)47(34-16-18-35(50)19-17-34)39-23-22-38(49-39)46(41-25-24-40(44)51-41)33-14-8-30(3)9-15-33/h4-27,50H,1-3H3. The molecule has 0 fully saturated rings. The van der Waals surface area contributed by atoms with Gasteiger partial charge in [-0.2, -0.15) is 0 Å². The Balaban J connectivity index is 1.47. The normalized spacial score (nSPS) is 12.1. The van der Waals surface area contributed by atoms with E-state index in [1.165, 1.54) is 16.7 Å². The maximum absolute atomic E-state index is 10.2. The predicted octanol–water partition coefficient (Wildman–Crippen LogP) is 13.4. The summed E-state index contributed by atoms with van der Waals surface area (Å²) >= 11 is 3.52. The second-order valence-corrected chi connectivity index (χ2v) is 15.6. The zero-order valence-corrected chi connectivity index (χ0v) is 30.6. The van der Waals surface area contributed by atoms with Crippen LogP contribution >= 0.6 is 22.7 Å². The summed E-state index contributed by atoms with van der Waals surface area (Å²) in [6.45, 7) is 6.37. The van der Waals surface area contributed by atoms with E-state index in [1.54, 1.807) is 34.8 Å². The summed E-state index contributed by atoms with van der Waals surface area (Å²) in [6.07, 6.45) is 8.63. The number of phenolic OH excluding ortho intramolecular Hbond substituents is 1. The zero-order chi connectivity index (χ0) is 35.3. The third-order valence-corrected chi connectivity index (χ3v) is 11.9. The first-order valence-corrected chi connectivity index (χ1v) is 19.0. The molecule has 0 saturated carbocycles. The van der Waals surface area contributed by atoms with E-state index in [2.05, 4.69) is 142 Å². The highest BCUT2D eigenvalue weighted by Crippen LogP contribution is 2.43. The van der Waals surface area contributed by atoms with Crippen molar-refractivity contribution in [2.24, 2.45) is 0 Å². The fourth-order valence-corrected chi connectivity index (χ4v) is 9.26. The van der Waals surface area contributed by atoms with E-state index < -0.39 is 0 Å². The van der Waals surface area contributed by atoms with Crippen molar-refractivity contribution in [3.8, 4) is 50.3 Å². The highest BCUT2D eigenvalue weighted by Gasteiger charge is 2.19. The molecule has 5 heteroatoms. The first-order valence-electron chi connectivity index (χ1n) is 17.4. The first kappa shape index (κ1) is 32.1. The molecular weight excluding hydrogens is 673 g/mol. The Morgan fingerprint density at radius 2 is 0.596 bits per heavy atom. The predicted molar refractivity (Wildman–Crippen MR) is 224 cm³/mol. The van der Waals surface area contributed by atoms with Crippen LogP contribution in [-0.4, -0.2) is 15.1 Å². The average Bonchev–Trinajstić information content (AvgIpc) is 3.99. The van der Waals surface area contributed by atoms with Crippen molar-refractivity contribution in [3.63, 3.8) is 0 Å². The summed E-state index contributed by atoms with van der Waals surface area (Å²) in [7, 11) is 0. The number of benzene rings is 4. The number of nitrogens with zero attached hydrogens (tertiary/aromatic N) is 2. The van der Waals surface area contributed by atoms with Gasteiger partial charge in [-0.25, -0.2) is 9.97 Å². The average molecular weight is 707 g/mol. The molecular formula is C47H34N2OS2. The molecule has 0 aliphatic carbocycles. The number of aromatic nitrogens is 2. The molecule has 1 N–H and O–H groups in total. The lowest BCUT2D eigenvalue weighted by Gasteiger charge is -2.07. The Bertz CT molecular complexity index is 2360. The Morgan fingerprint density at radius 3 is 0.865 bits per heavy atom. The van der Waals surface area contributed by atoms with Crippen molar-refractivity contribution in [2.75, 3.05) is 0 Å². The van der Waals surface area contributed by atoms with E-state index in [1.807, 2.05) is 12.1 Å². The summed E-state index contributed by atoms with van der Waals surface area (Å²) in [5, 5.41) is 10.2. The first-order chi connectivity index (χ1) is 25.4. The second kappa shape index (κ2) is 13.0. The highest BCUT2D eigenvalue weighted by atomic mass is 32.1. The number of hydrogen-bond acceptors (Lipinski definition) is 5. The van der Waals surface area contributed by atoms with E-state index in [-0.39, 0.29) is 5.75 Å². The maximum Gasteiger partial charge on any atom is 0.115 e.